The van der Waals surface area contributed by atoms with Crippen LogP contribution in [-0.2, 0) is 13.2 Å². The maximum atomic E-state index is 12.5. The Bertz CT molecular complexity index is 951. The summed E-state index contributed by atoms with van der Waals surface area (Å²) in [7, 11) is 0. The third-order valence-electron chi connectivity index (χ3n) is 4.47. The summed E-state index contributed by atoms with van der Waals surface area (Å²) in [5.41, 5.74) is 3.49. The molecule has 1 N–H and O–H groups in total. The van der Waals surface area contributed by atoms with Crippen molar-refractivity contribution < 1.29 is 9.53 Å². The first-order valence-corrected chi connectivity index (χ1v) is 9.66. The zero-order chi connectivity index (χ0) is 20.1. The lowest BCUT2D eigenvalue weighted by atomic mass is 10.1. The molecule has 0 aliphatic carbocycles. The van der Waals surface area contributed by atoms with Crippen LogP contribution >= 0.6 is 11.6 Å². The summed E-state index contributed by atoms with van der Waals surface area (Å²) in [4.78, 5) is 12.5. The van der Waals surface area contributed by atoms with E-state index in [0.717, 1.165) is 23.4 Å². The highest BCUT2D eigenvalue weighted by atomic mass is 35.5. The molecular weight excluding hydrogens is 374 g/mol. The highest BCUT2D eigenvalue weighted by Crippen LogP contribution is 2.26. The van der Waals surface area contributed by atoms with Crippen molar-refractivity contribution in [2.45, 2.75) is 40.0 Å². The van der Waals surface area contributed by atoms with Crippen LogP contribution in [0.5, 0.6) is 5.75 Å². The van der Waals surface area contributed by atoms with Crippen LogP contribution in [0.2, 0.25) is 5.02 Å². The van der Waals surface area contributed by atoms with E-state index in [-0.39, 0.29) is 11.9 Å². The Hall–Kier alpha value is -2.79. The summed E-state index contributed by atoms with van der Waals surface area (Å²) in [6.45, 7) is 7.13. The number of hydrogen-bond acceptors (Lipinski definition) is 3. The maximum absolute atomic E-state index is 12.5. The van der Waals surface area contributed by atoms with Gasteiger partial charge in [-0.1, -0.05) is 29.8 Å². The standard InChI is InChI=1S/C22H24ClN3O2/c1-4-26-12-11-20(25-26)16(3)24-22(27)18-8-6-17(7-9-18)14-28-21-13-15(2)5-10-19(21)23/h5-13,16H,4,14H2,1-3H3,(H,24,27). The van der Waals surface area contributed by atoms with Crippen molar-refractivity contribution in [2.24, 2.45) is 0 Å². The van der Waals surface area contributed by atoms with Gasteiger partial charge in [0.1, 0.15) is 12.4 Å². The largest absolute Gasteiger partial charge is 0.487 e. The van der Waals surface area contributed by atoms with Gasteiger partial charge in [0.05, 0.1) is 16.8 Å². The van der Waals surface area contributed by atoms with Crippen LogP contribution in [0.4, 0.5) is 0 Å². The highest BCUT2D eigenvalue weighted by Gasteiger charge is 2.13. The molecule has 1 unspecified atom stereocenters. The van der Waals surface area contributed by atoms with E-state index in [1.54, 1.807) is 12.1 Å². The lowest BCUT2D eigenvalue weighted by Gasteiger charge is -2.12. The van der Waals surface area contributed by atoms with Gasteiger partial charge >= 0.3 is 0 Å². The van der Waals surface area contributed by atoms with Gasteiger partial charge < -0.3 is 10.1 Å². The number of rotatable bonds is 7. The highest BCUT2D eigenvalue weighted by molar-refractivity contribution is 6.32. The molecule has 0 bridgehead atoms. The van der Waals surface area contributed by atoms with Crippen molar-refractivity contribution in [1.82, 2.24) is 15.1 Å². The Morgan fingerprint density at radius 3 is 2.64 bits per heavy atom. The maximum Gasteiger partial charge on any atom is 0.251 e. The fraction of sp³-hybridized carbons (Fsp3) is 0.273. The molecule has 6 heteroatoms. The first-order valence-electron chi connectivity index (χ1n) is 9.28. The van der Waals surface area contributed by atoms with Gasteiger partial charge in [0, 0.05) is 18.3 Å². The fourth-order valence-electron chi connectivity index (χ4n) is 2.77. The minimum atomic E-state index is -0.160. The van der Waals surface area contributed by atoms with E-state index >= 15 is 0 Å². The van der Waals surface area contributed by atoms with Crippen molar-refractivity contribution in [2.75, 3.05) is 0 Å². The topological polar surface area (TPSA) is 56.2 Å². The number of hydrogen-bond donors (Lipinski definition) is 1. The van der Waals surface area contributed by atoms with Crippen LogP contribution in [0.15, 0.2) is 54.7 Å². The first-order chi connectivity index (χ1) is 13.5. The second-order valence-electron chi connectivity index (χ2n) is 6.71. The van der Waals surface area contributed by atoms with Crippen molar-refractivity contribution in [3.63, 3.8) is 0 Å². The van der Waals surface area contributed by atoms with E-state index in [1.807, 2.05) is 68.0 Å². The second kappa shape index (κ2) is 8.93. The Morgan fingerprint density at radius 2 is 1.96 bits per heavy atom. The second-order valence-corrected chi connectivity index (χ2v) is 7.12. The van der Waals surface area contributed by atoms with E-state index in [1.165, 1.54) is 0 Å². The number of aromatic nitrogens is 2. The molecule has 0 aliphatic rings. The molecule has 1 atom stereocenters. The van der Waals surface area contributed by atoms with Gasteiger partial charge in [-0.2, -0.15) is 5.10 Å². The number of amides is 1. The third-order valence-corrected chi connectivity index (χ3v) is 4.79. The van der Waals surface area contributed by atoms with Crippen molar-refractivity contribution in [3.8, 4) is 5.75 Å². The number of aryl methyl sites for hydroxylation is 2. The molecule has 2 aromatic carbocycles. The molecule has 0 saturated carbocycles. The van der Waals surface area contributed by atoms with E-state index in [9.17, 15) is 4.79 Å². The van der Waals surface area contributed by atoms with Crippen molar-refractivity contribution in [3.05, 3.63) is 82.1 Å². The Kier molecular flexibility index (Phi) is 6.37. The zero-order valence-electron chi connectivity index (χ0n) is 16.3. The quantitative estimate of drug-likeness (QED) is 0.614. The van der Waals surface area contributed by atoms with E-state index in [4.69, 9.17) is 16.3 Å². The molecule has 1 amide bonds. The molecule has 28 heavy (non-hydrogen) atoms. The Morgan fingerprint density at radius 1 is 1.21 bits per heavy atom. The number of carbonyl (C=O) groups excluding carboxylic acids is 1. The van der Waals surface area contributed by atoms with Crippen LogP contribution in [-0.4, -0.2) is 15.7 Å². The van der Waals surface area contributed by atoms with Crippen molar-refractivity contribution in [1.29, 1.82) is 0 Å². The van der Waals surface area contributed by atoms with Crippen LogP contribution in [0, 0.1) is 6.92 Å². The lowest BCUT2D eigenvalue weighted by Crippen LogP contribution is -2.27. The third kappa shape index (κ3) is 4.93. The average Bonchev–Trinajstić information content (AvgIpc) is 3.18. The normalized spacial score (nSPS) is 11.9. The number of ether oxygens (including phenoxy) is 1. The van der Waals surface area contributed by atoms with Gasteiger partial charge in [-0.05, 0) is 62.2 Å². The Balaban J connectivity index is 1.58. The van der Waals surface area contributed by atoms with Crippen LogP contribution in [0.3, 0.4) is 0 Å². The van der Waals surface area contributed by atoms with Crippen LogP contribution in [0.25, 0.3) is 0 Å². The van der Waals surface area contributed by atoms with Gasteiger partial charge in [0.15, 0.2) is 0 Å². The average molecular weight is 398 g/mol. The number of halogens is 1. The van der Waals surface area contributed by atoms with Gasteiger partial charge in [-0.25, -0.2) is 0 Å². The minimum Gasteiger partial charge on any atom is -0.487 e. The van der Waals surface area contributed by atoms with Gasteiger partial charge in [-0.3, -0.25) is 9.48 Å². The number of benzene rings is 2. The van der Waals surface area contributed by atoms with Crippen molar-refractivity contribution >= 4 is 17.5 Å². The smallest absolute Gasteiger partial charge is 0.251 e. The molecule has 3 aromatic rings. The lowest BCUT2D eigenvalue weighted by molar-refractivity contribution is 0.0939. The predicted molar refractivity (Wildman–Crippen MR) is 111 cm³/mol. The molecule has 0 fully saturated rings. The van der Waals surface area contributed by atoms with E-state index in [2.05, 4.69) is 10.4 Å². The summed E-state index contributed by atoms with van der Waals surface area (Å²) < 4.78 is 7.64. The minimum absolute atomic E-state index is 0.132. The molecule has 0 radical (unpaired) electrons. The molecule has 146 valence electrons. The number of carbonyl (C=O) groups is 1. The molecule has 5 nitrogen and oxygen atoms in total. The molecule has 0 aliphatic heterocycles. The molecule has 3 rings (SSSR count). The summed E-state index contributed by atoms with van der Waals surface area (Å²) in [6, 6.07) is 14.8. The van der Waals surface area contributed by atoms with E-state index in [0.29, 0.717) is 22.9 Å². The molecular formula is C22H24ClN3O2. The van der Waals surface area contributed by atoms with E-state index < -0.39 is 0 Å². The van der Waals surface area contributed by atoms with Crippen LogP contribution in [0.1, 0.15) is 47.1 Å². The monoisotopic (exact) mass is 397 g/mol. The molecule has 0 spiro atoms. The SMILES string of the molecule is CCn1ccc(C(C)NC(=O)c2ccc(COc3cc(C)ccc3Cl)cc2)n1. The first kappa shape index (κ1) is 20.0. The number of nitrogens with zero attached hydrogens (tertiary/aromatic N) is 2. The van der Waals surface area contributed by atoms with Gasteiger partial charge in [0.25, 0.3) is 5.91 Å². The molecule has 1 heterocycles. The number of nitrogens with one attached hydrogen (secondary N) is 1. The summed E-state index contributed by atoms with van der Waals surface area (Å²) in [5.74, 6) is 0.525. The van der Waals surface area contributed by atoms with Gasteiger partial charge in [0.2, 0.25) is 0 Å². The molecule has 0 saturated heterocycles. The summed E-state index contributed by atoms with van der Waals surface area (Å²) in [6.07, 6.45) is 1.91. The van der Waals surface area contributed by atoms with Crippen LogP contribution < -0.4 is 10.1 Å². The summed E-state index contributed by atoms with van der Waals surface area (Å²) >= 11 is 6.15. The fourth-order valence-corrected chi connectivity index (χ4v) is 2.95. The predicted octanol–water partition coefficient (Wildman–Crippen LogP) is 4.93. The summed E-state index contributed by atoms with van der Waals surface area (Å²) in [5, 5.41) is 7.99. The Labute approximate surface area is 170 Å². The zero-order valence-corrected chi connectivity index (χ0v) is 17.0. The molecule has 1 aromatic heterocycles. The van der Waals surface area contributed by atoms with Gasteiger partial charge in [-0.15, -0.1) is 0 Å².